The quantitative estimate of drug-likeness (QED) is 0.648. The van der Waals surface area contributed by atoms with Crippen molar-refractivity contribution in [2.75, 3.05) is 6.61 Å². The van der Waals surface area contributed by atoms with Crippen LogP contribution in [0.15, 0.2) is 28.7 Å². The second-order valence-corrected chi connectivity index (χ2v) is 5.85. The molecule has 128 valence electrons. The number of fused-ring (bicyclic) bond motifs is 3. The van der Waals surface area contributed by atoms with Crippen molar-refractivity contribution < 1.29 is 23.0 Å². The highest BCUT2D eigenvalue weighted by Crippen LogP contribution is 2.37. The Kier molecular flexibility index (Phi) is 4.71. The van der Waals surface area contributed by atoms with Gasteiger partial charge in [-0.15, -0.1) is 0 Å². The van der Waals surface area contributed by atoms with Crippen LogP contribution < -0.4 is 4.74 Å². The largest absolute Gasteiger partial charge is 0.490 e. The van der Waals surface area contributed by atoms with Crippen molar-refractivity contribution in [3.63, 3.8) is 0 Å². The minimum absolute atomic E-state index is 0.0281. The standard InChI is InChI=1S/C19H20F2O3/c1-3-5-14(22)13-7-6-11-12-8-9-15(23-10-4-2)17(21)19(12)24-18(11)16(13)20/h6-9,14,22H,3-5,10H2,1-2H3/t14-/m0/s1. The van der Waals surface area contributed by atoms with Gasteiger partial charge in [-0.3, -0.25) is 0 Å². The van der Waals surface area contributed by atoms with Gasteiger partial charge in [0.1, 0.15) is 0 Å². The highest BCUT2D eigenvalue weighted by Gasteiger charge is 2.21. The van der Waals surface area contributed by atoms with E-state index in [9.17, 15) is 13.9 Å². The molecule has 5 heteroatoms. The van der Waals surface area contributed by atoms with Gasteiger partial charge in [-0.05, 0) is 31.0 Å². The first-order chi connectivity index (χ1) is 11.6. The Morgan fingerprint density at radius 1 is 1.00 bits per heavy atom. The number of aliphatic hydroxyl groups excluding tert-OH is 1. The normalized spacial score (nSPS) is 12.9. The van der Waals surface area contributed by atoms with Gasteiger partial charge in [0.05, 0.1) is 12.7 Å². The number of aliphatic hydroxyl groups is 1. The van der Waals surface area contributed by atoms with Crippen molar-refractivity contribution in [1.82, 2.24) is 0 Å². The van der Waals surface area contributed by atoms with Crippen molar-refractivity contribution in [2.45, 2.75) is 39.2 Å². The monoisotopic (exact) mass is 334 g/mol. The summed E-state index contributed by atoms with van der Waals surface area (Å²) >= 11 is 0. The van der Waals surface area contributed by atoms with Crippen molar-refractivity contribution >= 4 is 21.9 Å². The predicted octanol–water partition coefficient (Wildman–Crippen LogP) is 5.49. The molecule has 1 heterocycles. The second kappa shape index (κ2) is 6.77. The summed E-state index contributed by atoms with van der Waals surface area (Å²) in [6, 6.07) is 6.38. The van der Waals surface area contributed by atoms with Crippen LogP contribution in [0.25, 0.3) is 21.9 Å². The molecule has 0 saturated carbocycles. The summed E-state index contributed by atoms with van der Waals surface area (Å²) in [5, 5.41) is 11.0. The highest BCUT2D eigenvalue weighted by atomic mass is 19.1. The summed E-state index contributed by atoms with van der Waals surface area (Å²) in [6.45, 7) is 4.23. The van der Waals surface area contributed by atoms with Gasteiger partial charge >= 0.3 is 0 Å². The van der Waals surface area contributed by atoms with Crippen molar-refractivity contribution in [1.29, 1.82) is 0 Å². The molecule has 0 aliphatic rings. The van der Waals surface area contributed by atoms with Crippen LogP contribution in [0.4, 0.5) is 8.78 Å². The zero-order valence-corrected chi connectivity index (χ0v) is 13.7. The Morgan fingerprint density at radius 3 is 2.33 bits per heavy atom. The van der Waals surface area contributed by atoms with Crippen molar-refractivity contribution in [3.05, 3.63) is 41.5 Å². The molecule has 0 aliphatic heterocycles. The lowest BCUT2D eigenvalue weighted by molar-refractivity contribution is 0.162. The lowest BCUT2D eigenvalue weighted by Crippen LogP contribution is -2.00. The fourth-order valence-electron chi connectivity index (χ4n) is 2.84. The van der Waals surface area contributed by atoms with Crippen LogP contribution in [0.3, 0.4) is 0 Å². The summed E-state index contributed by atoms with van der Waals surface area (Å²) in [6.07, 6.45) is 1.03. The van der Waals surface area contributed by atoms with E-state index in [2.05, 4.69) is 0 Å². The smallest absolute Gasteiger partial charge is 0.208 e. The summed E-state index contributed by atoms with van der Waals surface area (Å²) in [4.78, 5) is 0. The number of benzene rings is 2. The van der Waals surface area contributed by atoms with Crippen LogP contribution in [0.5, 0.6) is 5.75 Å². The van der Waals surface area contributed by atoms with Crippen LogP contribution in [-0.4, -0.2) is 11.7 Å². The minimum Gasteiger partial charge on any atom is -0.490 e. The van der Waals surface area contributed by atoms with E-state index >= 15 is 0 Å². The Morgan fingerprint density at radius 2 is 1.67 bits per heavy atom. The minimum atomic E-state index is -0.902. The van der Waals surface area contributed by atoms with E-state index in [0.29, 0.717) is 23.8 Å². The van der Waals surface area contributed by atoms with Crippen LogP contribution in [-0.2, 0) is 0 Å². The third-order valence-corrected chi connectivity index (χ3v) is 4.07. The van der Waals surface area contributed by atoms with E-state index in [1.165, 1.54) is 12.1 Å². The highest BCUT2D eigenvalue weighted by molar-refractivity contribution is 6.05. The Bertz CT molecular complexity index is 870. The lowest BCUT2D eigenvalue weighted by atomic mass is 10.0. The molecule has 0 spiro atoms. The summed E-state index contributed by atoms with van der Waals surface area (Å²) in [5.41, 5.74) is 0.107. The van der Waals surface area contributed by atoms with E-state index in [-0.39, 0.29) is 22.5 Å². The SMILES string of the molecule is CCCOc1ccc2c(oc3c(F)c([C@@H](O)CCC)ccc32)c1F. The molecule has 3 nitrogen and oxygen atoms in total. The van der Waals surface area contributed by atoms with Crippen LogP contribution in [0.1, 0.15) is 44.8 Å². The van der Waals surface area contributed by atoms with E-state index in [4.69, 9.17) is 9.15 Å². The number of hydrogen-bond acceptors (Lipinski definition) is 3. The first kappa shape index (κ1) is 16.7. The molecule has 0 radical (unpaired) electrons. The molecule has 1 aromatic heterocycles. The average molecular weight is 334 g/mol. The Hall–Kier alpha value is -2.14. The van der Waals surface area contributed by atoms with Crippen LogP contribution in [0, 0.1) is 11.6 Å². The topological polar surface area (TPSA) is 42.6 Å². The number of rotatable bonds is 6. The first-order valence-electron chi connectivity index (χ1n) is 8.22. The van der Waals surface area contributed by atoms with Gasteiger partial charge in [-0.25, -0.2) is 4.39 Å². The molecule has 0 bridgehead atoms. The number of ether oxygens (including phenoxy) is 1. The number of hydrogen-bond donors (Lipinski definition) is 1. The fourth-order valence-corrected chi connectivity index (χ4v) is 2.84. The molecule has 2 aromatic carbocycles. The van der Waals surface area contributed by atoms with Gasteiger partial charge in [-0.2, -0.15) is 4.39 Å². The Labute approximate surface area is 138 Å². The molecule has 0 fully saturated rings. The molecule has 1 atom stereocenters. The second-order valence-electron chi connectivity index (χ2n) is 5.85. The molecule has 0 unspecified atom stereocenters. The fraction of sp³-hybridized carbons (Fsp3) is 0.368. The summed E-state index contributed by atoms with van der Waals surface area (Å²) < 4.78 is 40.1. The molecule has 3 rings (SSSR count). The third-order valence-electron chi connectivity index (χ3n) is 4.07. The van der Waals surface area contributed by atoms with E-state index < -0.39 is 17.7 Å². The molecule has 3 aromatic rings. The van der Waals surface area contributed by atoms with Gasteiger partial charge in [0.2, 0.25) is 5.82 Å². The molecule has 0 aliphatic carbocycles. The molecule has 0 amide bonds. The number of halogens is 2. The van der Waals surface area contributed by atoms with Gasteiger partial charge < -0.3 is 14.3 Å². The maximum Gasteiger partial charge on any atom is 0.208 e. The summed E-state index contributed by atoms with van der Waals surface area (Å²) in [5.74, 6) is -1.18. The zero-order valence-electron chi connectivity index (χ0n) is 13.7. The van der Waals surface area contributed by atoms with E-state index in [1.54, 1.807) is 12.1 Å². The van der Waals surface area contributed by atoms with Gasteiger partial charge in [0, 0.05) is 16.3 Å². The van der Waals surface area contributed by atoms with E-state index in [0.717, 1.165) is 12.8 Å². The molecule has 1 N–H and O–H groups in total. The van der Waals surface area contributed by atoms with Crippen molar-refractivity contribution in [3.8, 4) is 5.75 Å². The molecule has 0 saturated heterocycles. The first-order valence-corrected chi connectivity index (χ1v) is 8.22. The van der Waals surface area contributed by atoms with Gasteiger partial charge in [-0.1, -0.05) is 26.3 Å². The number of furan rings is 1. The summed E-state index contributed by atoms with van der Waals surface area (Å²) in [7, 11) is 0. The lowest BCUT2D eigenvalue weighted by Gasteiger charge is -2.10. The maximum atomic E-state index is 14.7. The van der Waals surface area contributed by atoms with E-state index in [1.807, 2.05) is 13.8 Å². The molecular formula is C19H20F2O3. The predicted molar refractivity (Wildman–Crippen MR) is 89.3 cm³/mol. The van der Waals surface area contributed by atoms with Crippen LogP contribution in [0.2, 0.25) is 0 Å². The Balaban J connectivity index is 2.16. The average Bonchev–Trinajstić information content (AvgIpc) is 2.95. The van der Waals surface area contributed by atoms with Gasteiger partial charge in [0.15, 0.2) is 22.7 Å². The van der Waals surface area contributed by atoms with Gasteiger partial charge in [0.25, 0.3) is 0 Å². The zero-order chi connectivity index (χ0) is 17.3. The van der Waals surface area contributed by atoms with Crippen molar-refractivity contribution in [2.24, 2.45) is 0 Å². The molecule has 24 heavy (non-hydrogen) atoms. The molecular weight excluding hydrogens is 314 g/mol. The van der Waals surface area contributed by atoms with Crippen LogP contribution >= 0.6 is 0 Å². The maximum absolute atomic E-state index is 14.7. The third kappa shape index (κ3) is 2.73.